The molecule has 14 heavy (non-hydrogen) atoms. The van der Waals surface area contributed by atoms with E-state index in [4.69, 9.17) is 0 Å². The van der Waals surface area contributed by atoms with Gasteiger partial charge in [0.15, 0.2) is 0 Å². The summed E-state index contributed by atoms with van der Waals surface area (Å²) in [6.07, 6.45) is 6.38. The summed E-state index contributed by atoms with van der Waals surface area (Å²) in [6, 6.07) is 2.76. The molecule has 0 saturated carbocycles. The monoisotopic (exact) mass is 190 g/mol. The molecule has 0 spiro atoms. The number of rotatable bonds is 2. The van der Waals surface area contributed by atoms with Gasteiger partial charge in [-0.25, -0.2) is 0 Å². The maximum atomic E-state index is 4.23. The van der Waals surface area contributed by atoms with Crippen molar-refractivity contribution in [2.75, 3.05) is 6.54 Å². The molecule has 1 fully saturated rings. The van der Waals surface area contributed by atoms with Crippen molar-refractivity contribution < 1.29 is 0 Å². The highest BCUT2D eigenvalue weighted by molar-refractivity contribution is 5.28. The van der Waals surface area contributed by atoms with Crippen LogP contribution in [0.15, 0.2) is 18.5 Å². The maximum absolute atomic E-state index is 4.23. The van der Waals surface area contributed by atoms with Crippen molar-refractivity contribution in [2.24, 2.45) is 0 Å². The number of nitrogens with zero attached hydrogens (tertiary/aromatic N) is 1. The van der Waals surface area contributed by atoms with E-state index in [0.717, 1.165) is 6.54 Å². The second-order valence-electron chi connectivity index (χ2n) is 4.10. The van der Waals surface area contributed by atoms with Crippen LogP contribution in [0, 0.1) is 6.92 Å². The van der Waals surface area contributed by atoms with Gasteiger partial charge in [0.05, 0.1) is 0 Å². The molecule has 0 aliphatic carbocycles. The summed E-state index contributed by atoms with van der Waals surface area (Å²) < 4.78 is 0. The fraction of sp³-hybridized carbons (Fsp3) is 0.583. The Kier molecular flexibility index (Phi) is 2.82. The van der Waals surface area contributed by atoms with Gasteiger partial charge >= 0.3 is 0 Å². The molecule has 1 aromatic heterocycles. The van der Waals surface area contributed by atoms with E-state index in [-0.39, 0.29) is 0 Å². The molecule has 2 rings (SSSR count). The Morgan fingerprint density at radius 3 is 3.14 bits per heavy atom. The molecule has 0 radical (unpaired) electrons. The molecule has 2 heteroatoms. The molecule has 1 aliphatic rings. The summed E-state index contributed by atoms with van der Waals surface area (Å²) in [5.41, 5.74) is 2.82. The smallest absolute Gasteiger partial charge is 0.0305 e. The zero-order valence-electron chi connectivity index (χ0n) is 8.96. The zero-order valence-corrected chi connectivity index (χ0v) is 8.96. The van der Waals surface area contributed by atoms with Gasteiger partial charge < -0.3 is 5.32 Å². The van der Waals surface area contributed by atoms with Crippen LogP contribution in [0.3, 0.4) is 0 Å². The Hall–Kier alpha value is -0.890. The second-order valence-corrected chi connectivity index (χ2v) is 4.10. The van der Waals surface area contributed by atoms with E-state index in [2.05, 4.69) is 30.2 Å². The Morgan fingerprint density at radius 2 is 2.43 bits per heavy atom. The average molecular weight is 190 g/mol. The molecular formula is C12H18N2. The van der Waals surface area contributed by atoms with E-state index in [1.165, 1.54) is 24.0 Å². The lowest BCUT2D eigenvalue weighted by Crippen LogP contribution is -2.25. The SMILES string of the molecule is CCC1NCCC1c1cnccc1C. The van der Waals surface area contributed by atoms with Crippen molar-refractivity contribution in [3.05, 3.63) is 29.6 Å². The van der Waals surface area contributed by atoms with E-state index >= 15 is 0 Å². The topological polar surface area (TPSA) is 24.9 Å². The zero-order chi connectivity index (χ0) is 9.97. The normalized spacial score (nSPS) is 26.7. The van der Waals surface area contributed by atoms with Crippen molar-refractivity contribution in [1.29, 1.82) is 0 Å². The van der Waals surface area contributed by atoms with E-state index in [1.54, 1.807) is 0 Å². The van der Waals surface area contributed by atoms with E-state index in [1.807, 2.05) is 12.4 Å². The quantitative estimate of drug-likeness (QED) is 0.773. The summed E-state index contributed by atoms with van der Waals surface area (Å²) in [4.78, 5) is 4.23. The van der Waals surface area contributed by atoms with Gasteiger partial charge in [0.2, 0.25) is 0 Å². The molecule has 0 bridgehead atoms. The molecule has 2 heterocycles. The molecule has 2 unspecified atom stereocenters. The number of nitrogens with one attached hydrogen (secondary N) is 1. The van der Waals surface area contributed by atoms with Gasteiger partial charge in [-0.05, 0) is 43.5 Å². The number of hydrogen-bond acceptors (Lipinski definition) is 2. The van der Waals surface area contributed by atoms with Crippen LogP contribution in [0.25, 0.3) is 0 Å². The minimum Gasteiger partial charge on any atom is -0.313 e. The molecule has 2 nitrogen and oxygen atoms in total. The van der Waals surface area contributed by atoms with Gasteiger partial charge in [-0.1, -0.05) is 6.92 Å². The van der Waals surface area contributed by atoms with Gasteiger partial charge in [-0.2, -0.15) is 0 Å². The van der Waals surface area contributed by atoms with Gasteiger partial charge in [0.1, 0.15) is 0 Å². The van der Waals surface area contributed by atoms with Crippen LogP contribution in [0.2, 0.25) is 0 Å². The first-order valence-electron chi connectivity index (χ1n) is 5.46. The average Bonchev–Trinajstić information content (AvgIpc) is 2.66. The van der Waals surface area contributed by atoms with Crippen LogP contribution in [-0.2, 0) is 0 Å². The summed E-state index contributed by atoms with van der Waals surface area (Å²) in [7, 11) is 0. The van der Waals surface area contributed by atoms with E-state index in [9.17, 15) is 0 Å². The van der Waals surface area contributed by atoms with Crippen molar-refractivity contribution in [1.82, 2.24) is 10.3 Å². The van der Waals surface area contributed by atoms with Crippen molar-refractivity contribution in [2.45, 2.75) is 38.6 Å². The molecule has 1 aliphatic heterocycles. The molecule has 2 atom stereocenters. The number of aromatic nitrogens is 1. The summed E-state index contributed by atoms with van der Waals surface area (Å²) in [6.45, 7) is 5.58. The third-order valence-electron chi connectivity index (χ3n) is 3.27. The molecule has 0 amide bonds. The van der Waals surface area contributed by atoms with Crippen molar-refractivity contribution in [3.8, 4) is 0 Å². The minimum atomic E-state index is 0.651. The molecule has 76 valence electrons. The lowest BCUT2D eigenvalue weighted by atomic mass is 9.89. The third-order valence-corrected chi connectivity index (χ3v) is 3.27. The van der Waals surface area contributed by atoms with Crippen LogP contribution in [0.4, 0.5) is 0 Å². The summed E-state index contributed by atoms with van der Waals surface area (Å²) >= 11 is 0. The van der Waals surface area contributed by atoms with Crippen molar-refractivity contribution in [3.63, 3.8) is 0 Å². The lowest BCUT2D eigenvalue weighted by molar-refractivity contribution is 0.529. The van der Waals surface area contributed by atoms with Crippen LogP contribution < -0.4 is 5.32 Å². The van der Waals surface area contributed by atoms with Crippen molar-refractivity contribution >= 4 is 0 Å². The maximum Gasteiger partial charge on any atom is 0.0305 e. The Bertz CT molecular complexity index is 309. The second kappa shape index (κ2) is 4.09. The first-order valence-corrected chi connectivity index (χ1v) is 5.46. The highest BCUT2D eigenvalue weighted by atomic mass is 14.9. The molecule has 0 aromatic carbocycles. The van der Waals surface area contributed by atoms with Gasteiger partial charge in [0, 0.05) is 24.4 Å². The first-order chi connectivity index (χ1) is 6.83. The highest BCUT2D eigenvalue weighted by Crippen LogP contribution is 2.30. The fourth-order valence-electron chi connectivity index (χ4n) is 2.43. The Balaban J connectivity index is 2.26. The Labute approximate surface area is 85.7 Å². The summed E-state index contributed by atoms with van der Waals surface area (Å²) in [5.74, 6) is 0.675. The molecular weight excluding hydrogens is 172 g/mol. The predicted octanol–water partition coefficient (Wildman–Crippen LogP) is 2.25. The molecule has 1 saturated heterocycles. The Morgan fingerprint density at radius 1 is 1.57 bits per heavy atom. The number of aryl methyl sites for hydroxylation is 1. The van der Waals surface area contributed by atoms with E-state index in [0.29, 0.717) is 12.0 Å². The van der Waals surface area contributed by atoms with Gasteiger partial charge in [0.25, 0.3) is 0 Å². The fourth-order valence-corrected chi connectivity index (χ4v) is 2.43. The third kappa shape index (κ3) is 1.67. The predicted molar refractivity (Wildman–Crippen MR) is 58.4 cm³/mol. The van der Waals surface area contributed by atoms with Gasteiger partial charge in [-0.15, -0.1) is 0 Å². The van der Waals surface area contributed by atoms with Crippen LogP contribution in [0.5, 0.6) is 0 Å². The standard InChI is InChI=1S/C12H18N2/c1-3-12-10(5-7-14-12)11-8-13-6-4-9(11)2/h4,6,8,10,12,14H,3,5,7H2,1-2H3. The largest absolute Gasteiger partial charge is 0.313 e. The summed E-state index contributed by atoms with van der Waals surface area (Å²) in [5, 5.41) is 3.55. The number of hydrogen-bond donors (Lipinski definition) is 1. The number of pyridine rings is 1. The van der Waals surface area contributed by atoms with Crippen LogP contribution in [-0.4, -0.2) is 17.6 Å². The molecule has 1 N–H and O–H groups in total. The van der Waals surface area contributed by atoms with Crippen LogP contribution >= 0.6 is 0 Å². The van der Waals surface area contributed by atoms with E-state index < -0.39 is 0 Å². The first kappa shape index (κ1) is 9.66. The van der Waals surface area contributed by atoms with Crippen LogP contribution in [0.1, 0.15) is 36.8 Å². The molecule has 1 aromatic rings. The minimum absolute atomic E-state index is 0.651. The van der Waals surface area contributed by atoms with Gasteiger partial charge in [-0.3, -0.25) is 4.98 Å². The highest BCUT2D eigenvalue weighted by Gasteiger charge is 2.27. The lowest BCUT2D eigenvalue weighted by Gasteiger charge is -2.19.